The lowest BCUT2D eigenvalue weighted by Crippen LogP contribution is -2.32. The number of rotatable bonds is 3. The van der Waals surface area contributed by atoms with E-state index in [0.717, 1.165) is 36.8 Å². The number of aliphatic hydroxyl groups is 1. The monoisotopic (exact) mass is 237 g/mol. The number of hydrogen-bond donors (Lipinski definition) is 2. The van der Waals surface area contributed by atoms with Crippen molar-refractivity contribution in [2.24, 2.45) is 11.7 Å². The SMILES string of the molecule is Cc1ccc(F)cc1[C@@H](N)[C@@H](O)C1CCCC1. The molecule has 2 rings (SSSR count). The van der Waals surface area contributed by atoms with Crippen LogP contribution in [0, 0.1) is 18.7 Å². The first-order valence-electron chi connectivity index (χ1n) is 6.29. The van der Waals surface area contributed by atoms with E-state index in [-0.39, 0.29) is 11.7 Å². The van der Waals surface area contributed by atoms with E-state index in [0.29, 0.717) is 0 Å². The topological polar surface area (TPSA) is 46.2 Å². The van der Waals surface area contributed by atoms with Gasteiger partial charge in [-0.25, -0.2) is 4.39 Å². The Bertz CT molecular complexity index is 388. The van der Waals surface area contributed by atoms with Crippen molar-refractivity contribution in [3.8, 4) is 0 Å². The average Bonchev–Trinajstić information content (AvgIpc) is 2.84. The zero-order valence-corrected chi connectivity index (χ0v) is 10.2. The highest BCUT2D eigenvalue weighted by Gasteiger charge is 2.29. The Morgan fingerprint density at radius 3 is 2.65 bits per heavy atom. The first-order chi connectivity index (χ1) is 8.09. The molecule has 0 heterocycles. The third-order valence-corrected chi connectivity index (χ3v) is 3.85. The fraction of sp³-hybridized carbons (Fsp3) is 0.571. The third-order valence-electron chi connectivity index (χ3n) is 3.85. The molecule has 0 aromatic heterocycles. The molecule has 1 aliphatic carbocycles. The summed E-state index contributed by atoms with van der Waals surface area (Å²) in [5, 5.41) is 10.2. The number of halogens is 1. The Labute approximate surface area is 102 Å². The first-order valence-corrected chi connectivity index (χ1v) is 6.29. The first kappa shape index (κ1) is 12.5. The molecule has 1 aromatic carbocycles. The average molecular weight is 237 g/mol. The predicted molar refractivity (Wildman–Crippen MR) is 66.0 cm³/mol. The maximum absolute atomic E-state index is 13.2. The van der Waals surface area contributed by atoms with Gasteiger partial charge in [0, 0.05) is 0 Å². The molecule has 2 nitrogen and oxygen atoms in total. The van der Waals surface area contributed by atoms with Crippen LogP contribution in [0.2, 0.25) is 0 Å². The Morgan fingerprint density at radius 2 is 2.00 bits per heavy atom. The second kappa shape index (κ2) is 5.15. The van der Waals surface area contributed by atoms with Crippen LogP contribution in [0.1, 0.15) is 42.9 Å². The molecular formula is C14H20FNO. The van der Waals surface area contributed by atoms with Crippen molar-refractivity contribution in [2.45, 2.75) is 44.8 Å². The van der Waals surface area contributed by atoms with Crippen molar-refractivity contribution >= 4 is 0 Å². The van der Waals surface area contributed by atoms with Gasteiger partial charge in [-0.2, -0.15) is 0 Å². The minimum Gasteiger partial charge on any atom is -0.391 e. The summed E-state index contributed by atoms with van der Waals surface area (Å²) in [6, 6.07) is 4.10. The molecule has 0 aliphatic heterocycles. The number of hydrogen-bond acceptors (Lipinski definition) is 2. The van der Waals surface area contributed by atoms with Gasteiger partial charge in [-0.1, -0.05) is 18.9 Å². The summed E-state index contributed by atoms with van der Waals surface area (Å²) in [4.78, 5) is 0. The van der Waals surface area contributed by atoms with Crippen molar-refractivity contribution < 1.29 is 9.50 Å². The zero-order chi connectivity index (χ0) is 12.4. The molecule has 0 amide bonds. The highest BCUT2D eigenvalue weighted by molar-refractivity contribution is 5.30. The molecule has 3 N–H and O–H groups in total. The number of benzene rings is 1. The Morgan fingerprint density at radius 1 is 1.35 bits per heavy atom. The molecule has 94 valence electrons. The van der Waals surface area contributed by atoms with Gasteiger partial charge in [0.05, 0.1) is 12.1 Å². The Hall–Kier alpha value is -0.930. The van der Waals surface area contributed by atoms with Crippen molar-refractivity contribution in [3.05, 3.63) is 35.1 Å². The molecule has 0 radical (unpaired) electrons. The molecule has 1 aromatic rings. The number of aliphatic hydroxyl groups excluding tert-OH is 1. The fourth-order valence-corrected chi connectivity index (χ4v) is 2.75. The van der Waals surface area contributed by atoms with E-state index >= 15 is 0 Å². The van der Waals surface area contributed by atoms with Gasteiger partial charge in [0.15, 0.2) is 0 Å². The molecule has 1 saturated carbocycles. The lowest BCUT2D eigenvalue weighted by atomic mass is 9.89. The highest BCUT2D eigenvalue weighted by Crippen LogP contribution is 2.33. The summed E-state index contributed by atoms with van der Waals surface area (Å²) in [5.41, 5.74) is 7.74. The van der Waals surface area contributed by atoms with Crippen LogP contribution in [0.4, 0.5) is 4.39 Å². The van der Waals surface area contributed by atoms with Crippen molar-refractivity contribution in [1.29, 1.82) is 0 Å². The molecule has 17 heavy (non-hydrogen) atoms. The van der Waals surface area contributed by atoms with Gasteiger partial charge < -0.3 is 10.8 Å². The third kappa shape index (κ3) is 2.67. The van der Waals surface area contributed by atoms with Crippen molar-refractivity contribution in [3.63, 3.8) is 0 Å². The second-order valence-corrected chi connectivity index (χ2v) is 5.06. The fourth-order valence-electron chi connectivity index (χ4n) is 2.75. The summed E-state index contributed by atoms with van der Waals surface area (Å²) in [6.45, 7) is 1.90. The van der Waals surface area contributed by atoms with E-state index < -0.39 is 12.1 Å². The quantitative estimate of drug-likeness (QED) is 0.849. The van der Waals surface area contributed by atoms with Gasteiger partial charge in [-0.3, -0.25) is 0 Å². The van der Waals surface area contributed by atoms with Gasteiger partial charge in [0.2, 0.25) is 0 Å². The molecular weight excluding hydrogens is 217 g/mol. The van der Waals surface area contributed by atoms with Gasteiger partial charge in [0.25, 0.3) is 0 Å². The molecule has 0 bridgehead atoms. The maximum atomic E-state index is 13.2. The normalized spacial score (nSPS) is 20.5. The molecule has 2 atom stereocenters. The van der Waals surface area contributed by atoms with Crippen LogP contribution < -0.4 is 5.73 Å². The second-order valence-electron chi connectivity index (χ2n) is 5.06. The van der Waals surface area contributed by atoms with Crippen LogP contribution in [0.25, 0.3) is 0 Å². The number of aryl methyl sites for hydroxylation is 1. The summed E-state index contributed by atoms with van der Waals surface area (Å²) in [6.07, 6.45) is 3.83. The van der Waals surface area contributed by atoms with Crippen LogP contribution in [-0.4, -0.2) is 11.2 Å². The summed E-state index contributed by atoms with van der Waals surface area (Å²) >= 11 is 0. The van der Waals surface area contributed by atoms with Gasteiger partial charge in [0.1, 0.15) is 5.82 Å². The van der Waals surface area contributed by atoms with E-state index in [1.165, 1.54) is 12.1 Å². The molecule has 0 unspecified atom stereocenters. The van der Waals surface area contributed by atoms with Crippen LogP contribution in [0.15, 0.2) is 18.2 Å². The van der Waals surface area contributed by atoms with Crippen LogP contribution in [0.5, 0.6) is 0 Å². The molecule has 1 fully saturated rings. The summed E-state index contributed by atoms with van der Waals surface area (Å²) in [7, 11) is 0. The van der Waals surface area contributed by atoms with Crippen LogP contribution in [0.3, 0.4) is 0 Å². The largest absolute Gasteiger partial charge is 0.391 e. The molecule has 0 saturated heterocycles. The van der Waals surface area contributed by atoms with Gasteiger partial charge in [-0.15, -0.1) is 0 Å². The molecule has 3 heteroatoms. The van der Waals surface area contributed by atoms with E-state index in [2.05, 4.69) is 0 Å². The molecule has 1 aliphatic rings. The zero-order valence-electron chi connectivity index (χ0n) is 10.2. The lowest BCUT2D eigenvalue weighted by molar-refractivity contribution is 0.0842. The minimum atomic E-state index is -0.557. The predicted octanol–water partition coefficient (Wildman–Crippen LogP) is 2.69. The smallest absolute Gasteiger partial charge is 0.123 e. The van der Waals surface area contributed by atoms with E-state index in [1.807, 2.05) is 6.92 Å². The minimum absolute atomic E-state index is 0.271. The van der Waals surface area contributed by atoms with E-state index in [4.69, 9.17) is 5.73 Å². The standard InChI is InChI=1S/C14H20FNO/c1-9-6-7-11(15)8-12(9)13(16)14(17)10-4-2-3-5-10/h6-8,10,13-14,17H,2-5,16H2,1H3/t13-,14+/m1/s1. The van der Waals surface area contributed by atoms with E-state index in [9.17, 15) is 9.50 Å². The van der Waals surface area contributed by atoms with Gasteiger partial charge in [-0.05, 0) is 48.9 Å². The maximum Gasteiger partial charge on any atom is 0.123 e. The van der Waals surface area contributed by atoms with Crippen molar-refractivity contribution in [1.82, 2.24) is 0 Å². The van der Waals surface area contributed by atoms with Crippen LogP contribution >= 0.6 is 0 Å². The van der Waals surface area contributed by atoms with Gasteiger partial charge >= 0.3 is 0 Å². The van der Waals surface area contributed by atoms with Crippen molar-refractivity contribution in [2.75, 3.05) is 0 Å². The van der Waals surface area contributed by atoms with E-state index in [1.54, 1.807) is 6.07 Å². The highest BCUT2D eigenvalue weighted by atomic mass is 19.1. The Kier molecular flexibility index (Phi) is 3.79. The Balaban J connectivity index is 2.17. The lowest BCUT2D eigenvalue weighted by Gasteiger charge is -2.25. The summed E-state index contributed by atoms with van der Waals surface area (Å²) < 4.78 is 13.2. The summed E-state index contributed by atoms with van der Waals surface area (Å²) in [5.74, 6) is -0.0210. The van der Waals surface area contributed by atoms with Crippen LogP contribution in [-0.2, 0) is 0 Å². The molecule has 0 spiro atoms. The number of nitrogens with two attached hydrogens (primary N) is 1.